The summed E-state index contributed by atoms with van der Waals surface area (Å²) < 4.78 is 64.9. The van der Waals surface area contributed by atoms with E-state index in [2.05, 4.69) is 8.37 Å². The Labute approximate surface area is 114 Å². The Morgan fingerprint density at radius 3 is 1.29 bits per heavy atom. The van der Waals surface area contributed by atoms with Crippen molar-refractivity contribution in [2.75, 3.05) is 13.2 Å². The molecule has 0 rings (SSSR count). The predicted octanol–water partition coefficient (Wildman–Crippen LogP) is -2.70. The molecular formula is C6H15LiO8S2. The van der Waals surface area contributed by atoms with E-state index in [1.54, 1.807) is 0 Å². The molecular weight excluding hydrogens is 271 g/mol. The summed E-state index contributed by atoms with van der Waals surface area (Å²) in [6.07, 6.45) is 1.99. The molecule has 0 atom stereocenters. The molecule has 0 heterocycles. The summed E-state index contributed by atoms with van der Waals surface area (Å²) in [6.45, 7) is -0.254. The Morgan fingerprint density at radius 1 is 0.765 bits per heavy atom. The zero-order valence-electron chi connectivity index (χ0n) is 10.4. The fraction of sp³-hybridized carbons (Fsp3) is 1.00. The molecule has 0 bridgehead atoms. The third kappa shape index (κ3) is 18.9. The summed E-state index contributed by atoms with van der Waals surface area (Å²) in [5, 5.41) is 0. The molecule has 0 aliphatic carbocycles. The zero-order valence-corrected chi connectivity index (χ0v) is 11.0. The third-order valence-corrected chi connectivity index (χ3v) is 2.43. The summed E-state index contributed by atoms with van der Waals surface area (Å²) in [5.74, 6) is 0. The number of hydrogen-bond acceptors (Lipinski definition) is 6. The van der Waals surface area contributed by atoms with Gasteiger partial charge in [-0.25, -0.2) is 8.37 Å². The number of unbranched alkanes of at least 4 members (excludes halogenated alkanes) is 3. The second-order valence-corrected chi connectivity index (χ2v) is 5.10. The van der Waals surface area contributed by atoms with Gasteiger partial charge in [0.05, 0.1) is 13.2 Å². The maximum Gasteiger partial charge on any atom is 1.00 e. The van der Waals surface area contributed by atoms with E-state index in [1.165, 1.54) is 0 Å². The van der Waals surface area contributed by atoms with E-state index in [-0.39, 0.29) is 33.5 Å². The summed E-state index contributed by atoms with van der Waals surface area (Å²) in [6, 6.07) is 0. The van der Waals surface area contributed by atoms with E-state index in [4.69, 9.17) is 9.11 Å². The third-order valence-electron chi connectivity index (χ3n) is 1.50. The van der Waals surface area contributed by atoms with Gasteiger partial charge in [0.2, 0.25) is 0 Å². The van der Waals surface area contributed by atoms with Crippen LogP contribution in [0.4, 0.5) is 0 Å². The van der Waals surface area contributed by atoms with Crippen molar-refractivity contribution in [1.29, 1.82) is 0 Å². The summed E-state index contributed by atoms with van der Waals surface area (Å²) >= 11 is 0. The normalized spacial score (nSPS) is 12.1. The van der Waals surface area contributed by atoms with Gasteiger partial charge in [-0.2, -0.15) is 16.8 Å². The molecule has 0 fully saturated rings. The van der Waals surface area contributed by atoms with Gasteiger partial charge < -0.3 is 1.43 Å². The second kappa shape index (κ2) is 9.29. The molecule has 100 valence electrons. The van der Waals surface area contributed by atoms with Crippen LogP contribution in [0.1, 0.15) is 27.1 Å². The summed E-state index contributed by atoms with van der Waals surface area (Å²) in [4.78, 5) is 0. The van der Waals surface area contributed by atoms with Gasteiger partial charge in [0.25, 0.3) is 0 Å². The maximum absolute atomic E-state index is 10.1. The fourth-order valence-corrected chi connectivity index (χ4v) is 1.54. The Morgan fingerprint density at radius 2 is 1.06 bits per heavy atom. The second-order valence-electron chi connectivity index (χ2n) is 2.91. The van der Waals surface area contributed by atoms with Crippen LogP contribution >= 0.6 is 0 Å². The maximum atomic E-state index is 10.1. The van der Waals surface area contributed by atoms with Crippen molar-refractivity contribution in [2.45, 2.75) is 25.7 Å². The van der Waals surface area contributed by atoms with Crippen LogP contribution in [0.5, 0.6) is 0 Å². The molecule has 0 aromatic heterocycles. The molecule has 0 aromatic rings. The van der Waals surface area contributed by atoms with Crippen LogP contribution in [0.15, 0.2) is 0 Å². The first-order valence-electron chi connectivity index (χ1n) is 4.44. The molecule has 11 heteroatoms. The molecule has 0 aromatic carbocycles. The van der Waals surface area contributed by atoms with Crippen molar-refractivity contribution in [3.63, 3.8) is 0 Å². The Hall–Kier alpha value is 0.337. The van der Waals surface area contributed by atoms with Crippen molar-refractivity contribution >= 4 is 20.8 Å². The molecule has 17 heavy (non-hydrogen) atoms. The first-order valence-corrected chi connectivity index (χ1v) is 7.17. The van der Waals surface area contributed by atoms with Gasteiger partial charge in [0.15, 0.2) is 0 Å². The van der Waals surface area contributed by atoms with Crippen LogP contribution in [0.3, 0.4) is 0 Å². The van der Waals surface area contributed by atoms with E-state index < -0.39 is 20.8 Å². The van der Waals surface area contributed by atoms with Gasteiger partial charge in [-0.1, -0.05) is 12.8 Å². The van der Waals surface area contributed by atoms with E-state index in [0.717, 1.165) is 0 Å². The quantitative estimate of drug-likeness (QED) is 0.266. The average molecular weight is 286 g/mol. The van der Waals surface area contributed by atoms with Crippen LogP contribution in [0.2, 0.25) is 0 Å². The van der Waals surface area contributed by atoms with Gasteiger partial charge in [0, 0.05) is 0 Å². The van der Waals surface area contributed by atoms with Crippen LogP contribution in [0, 0.1) is 0 Å². The molecule has 0 saturated carbocycles. The minimum Gasteiger partial charge on any atom is -1.00 e. The van der Waals surface area contributed by atoms with Crippen LogP contribution in [0.25, 0.3) is 0 Å². The average Bonchev–Trinajstić information content (AvgIpc) is 2.06. The van der Waals surface area contributed by atoms with E-state index in [1.807, 2.05) is 0 Å². The topological polar surface area (TPSA) is 127 Å². The number of hydrogen-bond donors (Lipinski definition) is 2. The summed E-state index contributed by atoms with van der Waals surface area (Å²) in [5.41, 5.74) is 0. The van der Waals surface area contributed by atoms with Crippen LogP contribution in [-0.4, -0.2) is 39.2 Å². The fourth-order valence-electron chi connectivity index (χ4n) is 0.886. The SMILES string of the molecule is O=S(=O)(O)OCCCCCCOS(=O)(=O)O.[H-].[Li+]. The van der Waals surface area contributed by atoms with Gasteiger partial charge in [-0.05, 0) is 12.8 Å². The first kappa shape index (κ1) is 19.7. The van der Waals surface area contributed by atoms with E-state index >= 15 is 0 Å². The molecule has 0 aliphatic rings. The van der Waals surface area contributed by atoms with Crippen molar-refractivity contribution in [3.05, 3.63) is 0 Å². The molecule has 0 amide bonds. The smallest absolute Gasteiger partial charge is 1.00 e. The molecule has 0 aliphatic heterocycles. The van der Waals surface area contributed by atoms with Crippen molar-refractivity contribution in [3.8, 4) is 0 Å². The first-order chi connectivity index (χ1) is 7.21. The molecule has 8 nitrogen and oxygen atoms in total. The van der Waals surface area contributed by atoms with E-state index in [0.29, 0.717) is 25.7 Å². The van der Waals surface area contributed by atoms with Gasteiger partial charge in [0.1, 0.15) is 0 Å². The van der Waals surface area contributed by atoms with E-state index in [9.17, 15) is 16.8 Å². The Kier molecular flexibility index (Phi) is 10.8. The zero-order chi connectivity index (χ0) is 12.7. The monoisotopic (exact) mass is 286 g/mol. The Bertz CT molecular complexity index is 342. The van der Waals surface area contributed by atoms with Crippen molar-refractivity contribution in [1.82, 2.24) is 0 Å². The van der Waals surface area contributed by atoms with Crippen molar-refractivity contribution < 1.29 is 54.6 Å². The molecule has 0 unspecified atom stereocenters. The van der Waals surface area contributed by atoms with Gasteiger partial charge in [-0.15, -0.1) is 0 Å². The van der Waals surface area contributed by atoms with Gasteiger partial charge >= 0.3 is 39.7 Å². The van der Waals surface area contributed by atoms with Crippen LogP contribution in [-0.2, 0) is 29.2 Å². The standard InChI is InChI=1S/C6H14O8S2.Li.H/c7-15(8,9)13-5-3-1-2-4-6-14-16(10,11)12;;/h1-6H2,(H,7,8,9)(H,10,11,12);;/q;+1;-1. The molecule has 0 spiro atoms. The Balaban J connectivity index is -0.00000112. The minimum absolute atomic E-state index is 0. The number of rotatable bonds is 9. The van der Waals surface area contributed by atoms with Gasteiger partial charge in [-0.3, -0.25) is 9.11 Å². The molecule has 2 N–H and O–H groups in total. The minimum atomic E-state index is -4.38. The van der Waals surface area contributed by atoms with Crippen LogP contribution < -0.4 is 18.9 Å². The predicted molar refractivity (Wildman–Crippen MR) is 54.6 cm³/mol. The molecule has 0 saturated heterocycles. The summed E-state index contributed by atoms with van der Waals surface area (Å²) in [7, 11) is -8.76. The molecule has 0 radical (unpaired) electrons. The largest absolute Gasteiger partial charge is 1.00 e. The van der Waals surface area contributed by atoms with Crippen molar-refractivity contribution in [2.24, 2.45) is 0 Å².